The largest absolute Gasteiger partial charge is 0.375 e. The number of hydrogen-bond acceptors (Lipinski definition) is 2. The van der Waals surface area contributed by atoms with Crippen molar-refractivity contribution in [3.8, 4) is 6.07 Å². The van der Waals surface area contributed by atoms with Gasteiger partial charge in [0.05, 0.1) is 6.07 Å². The number of aliphatic hydroxyl groups is 1. The van der Waals surface area contributed by atoms with E-state index >= 15 is 0 Å². The Morgan fingerprint density at radius 3 is 2.70 bits per heavy atom. The number of nitriles is 1. The van der Waals surface area contributed by atoms with E-state index in [9.17, 15) is 5.11 Å². The summed E-state index contributed by atoms with van der Waals surface area (Å²) in [7, 11) is 0. The molecule has 1 aliphatic rings. The maximum atomic E-state index is 9.59. The number of hydrogen-bond donors (Lipinski definition) is 1. The Bertz CT molecular complexity index is 161. The molecule has 0 aromatic rings. The fourth-order valence-corrected chi connectivity index (χ4v) is 1.50. The summed E-state index contributed by atoms with van der Waals surface area (Å²) in [6, 6.07) is 1.99. The van der Waals surface area contributed by atoms with Crippen molar-refractivity contribution in [1.29, 1.82) is 5.26 Å². The normalized spacial score (nSPS) is 40.7. The molecule has 2 nitrogen and oxygen atoms in total. The molecule has 56 valence electrons. The second-order valence-corrected chi connectivity index (χ2v) is 3.18. The van der Waals surface area contributed by atoms with Gasteiger partial charge in [-0.05, 0) is 25.2 Å². The molecule has 0 saturated heterocycles. The van der Waals surface area contributed by atoms with Gasteiger partial charge in [-0.25, -0.2) is 0 Å². The minimum atomic E-state index is -1.02. The van der Waals surface area contributed by atoms with Gasteiger partial charge in [0.2, 0.25) is 0 Å². The highest BCUT2D eigenvalue weighted by Crippen LogP contribution is 2.32. The fourth-order valence-electron chi connectivity index (χ4n) is 1.50. The quantitative estimate of drug-likeness (QED) is 0.516. The van der Waals surface area contributed by atoms with Gasteiger partial charge in [-0.1, -0.05) is 13.3 Å². The minimum absolute atomic E-state index is 0.159. The molecule has 1 fully saturated rings. The molecule has 10 heavy (non-hydrogen) atoms. The summed E-state index contributed by atoms with van der Waals surface area (Å²) in [6.45, 7) is 1.95. The Morgan fingerprint density at radius 1 is 1.60 bits per heavy atom. The summed E-state index contributed by atoms with van der Waals surface area (Å²) in [5.74, 6) is 0.159. The summed E-state index contributed by atoms with van der Waals surface area (Å²) in [5, 5.41) is 18.2. The first-order valence-corrected chi connectivity index (χ1v) is 3.83. The van der Waals surface area contributed by atoms with Crippen LogP contribution in [0.15, 0.2) is 0 Å². The third kappa shape index (κ3) is 1.15. The molecule has 0 spiro atoms. The van der Waals surface area contributed by atoms with E-state index in [2.05, 4.69) is 0 Å². The summed E-state index contributed by atoms with van der Waals surface area (Å²) < 4.78 is 0. The molecule has 0 aromatic carbocycles. The number of nitrogens with zero attached hydrogens (tertiary/aromatic N) is 1. The summed E-state index contributed by atoms with van der Waals surface area (Å²) >= 11 is 0. The van der Waals surface area contributed by atoms with Crippen LogP contribution in [0.1, 0.15) is 32.6 Å². The summed E-state index contributed by atoms with van der Waals surface area (Å²) in [6.07, 6.45) is 3.80. The van der Waals surface area contributed by atoms with E-state index in [0.29, 0.717) is 6.42 Å². The van der Waals surface area contributed by atoms with Gasteiger partial charge >= 0.3 is 0 Å². The van der Waals surface area contributed by atoms with Crippen molar-refractivity contribution >= 4 is 0 Å². The lowest BCUT2D eigenvalue weighted by molar-refractivity contribution is 0.0107. The molecule has 1 N–H and O–H groups in total. The highest BCUT2D eigenvalue weighted by atomic mass is 16.3. The average Bonchev–Trinajstić information content (AvgIpc) is 1.96. The first kappa shape index (κ1) is 7.56. The highest BCUT2D eigenvalue weighted by molar-refractivity contribution is 5.04. The Labute approximate surface area is 61.5 Å². The Kier molecular flexibility index (Phi) is 1.96. The second kappa shape index (κ2) is 2.59. The van der Waals surface area contributed by atoms with Crippen molar-refractivity contribution in [3.05, 3.63) is 0 Å². The van der Waals surface area contributed by atoms with Gasteiger partial charge in [-0.2, -0.15) is 5.26 Å². The maximum absolute atomic E-state index is 9.59. The molecule has 2 atom stereocenters. The molecule has 1 rings (SSSR count). The van der Waals surface area contributed by atoms with Gasteiger partial charge in [-0.15, -0.1) is 0 Å². The SMILES string of the molecule is CC1CCCCC1(O)C#N. The van der Waals surface area contributed by atoms with E-state index in [1.54, 1.807) is 0 Å². The topological polar surface area (TPSA) is 44.0 Å². The van der Waals surface area contributed by atoms with Crippen molar-refractivity contribution < 1.29 is 5.11 Å². The zero-order chi connectivity index (χ0) is 7.61. The average molecular weight is 139 g/mol. The van der Waals surface area contributed by atoms with Crippen LogP contribution in [-0.2, 0) is 0 Å². The smallest absolute Gasteiger partial charge is 0.153 e. The lowest BCUT2D eigenvalue weighted by Crippen LogP contribution is -2.37. The third-order valence-corrected chi connectivity index (χ3v) is 2.45. The molecule has 2 unspecified atom stereocenters. The van der Waals surface area contributed by atoms with E-state index in [-0.39, 0.29) is 5.92 Å². The zero-order valence-electron chi connectivity index (χ0n) is 6.30. The van der Waals surface area contributed by atoms with Crippen LogP contribution in [0.4, 0.5) is 0 Å². The molecule has 0 amide bonds. The van der Waals surface area contributed by atoms with E-state index in [0.717, 1.165) is 19.3 Å². The first-order valence-electron chi connectivity index (χ1n) is 3.83. The van der Waals surface area contributed by atoms with Gasteiger partial charge in [-0.3, -0.25) is 0 Å². The van der Waals surface area contributed by atoms with Crippen molar-refractivity contribution in [3.63, 3.8) is 0 Å². The lowest BCUT2D eigenvalue weighted by atomic mass is 9.77. The Morgan fingerprint density at radius 2 is 2.30 bits per heavy atom. The fraction of sp³-hybridized carbons (Fsp3) is 0.875. The van der Waals surface area contributed by atoms with Crippen LogP contribution in [0.25, 0.3) is 0 Å². The Hall–Kier alpha value is -0.550. The summed E-state index contributed by atoms with van der Waals surface area (Å²) in [4.78, 5) is 0. The predicted octanol–water partition coefficient (Wildman–Crippen LogP) is 1.45. The van der Waals surface area contributed by atoms with Crippen LogP contribution >= 0.6 is 0 Å². The summed E-state index contributed by atoms with van der Waals surface area (Å²) in [5.41, 5.74) is -1.02. The lowest BCUT2D eigenvalue weighted by Gasteiger charge is -2.31. The maximum Gasteiger partial charge on any atom is 0.153 e. The van der Waals surface area contributed by atoms with Gasteiger partial charge < -0.3 is 5.11 Å². The van der Waals surface area contributed by atoms with Gasteiger partial charge in [0.15, 0.2) is 5.60 Å². The molecule has 1 saturated carbocycles. The molecule has 1 aliphatic carbocycles. The van der Waals surface area contributed by atoms with Crippen LogP contribution in [0.2, 0.25) is 0 Å². The zero-order valence-corrected chi connectivity index (χ0v) is 6.30. The molecular weight excluding hydrogens is 126 g/mol. The van der Waals surface area contributed by atoms with Gasteiger partial charge in [0.25, 0.3) is 0 Å². The molecular formula is C8H13NO. The van der Waals surface area contributed by atoms with Crippen LogP contribution in [0.5, 0.6) is 0 Å². The molecule has 2 heteroatoms. The monoisotopic (exact) mass is 139 g/mol. The molecule has 0 radical (unpaired) electrons. The van der Waals surface area contributed by atoms with E-state index in [1.165, 1.54) is 0 Å². The highest BCUT2D eigenvalue weighted by Gasteiger charge is 2.35. The predicted molar refractivity (Wildman–Crippen MR) is 38.2 cm³/mol. The molecule has 0 heterocycles. The Balaban J connectivity index is 2.65. The minimum Gasteiger partial charge on any atom is -0.375 e. The second-order valence-electron chi connectivity index (χ2n) is 3.18. The van der Waals surface area contributed by atoms with E-state index in [4.69, 9.17) is 5.26 Å². The molecule has 0 aromatic heterocycles. The van der Waals surface area contributed by atoms with Crippen LogP contribution in [0, 0.1) is 17.2 Å². The third-order valence-electron chi connectivity index (χ3n) is 2.45. The van der Waals surface area contributed by atoms with Crippen LogP contribution < -0.4 is 0 Å². The first-order chi connectivity index (χ1) is 4.69. The standard InChI is InChI=1S/C8H13NO/c1-7-4-2-3-5-8(7,10)6-9/h7,10H,2-5H2,1H3. The van der Waals surface area contributed by atoms with Crippen molar-refractivity contribution in [1.82, 2.24) is 0 Å². The molecule has 0 aliphatic heterocycles. The van der Waals surface area contributed by atoms with Gasteiger partial charge in [0.1, 0.15) is 0 Å². The van der Waals surface area contributed by atoms with Crippen LogP contribution in [0.3, 0.4) is 0 Å². The van der Waals surface area contributed by atoms with E-state index in [1.807, 2.05) is 13.0 Å². The van der Waals surface area contributed by atoms with E-state index < -0.39 is 5.60 Å². The van der Waals surface area contributed by atoms with Crippen molar-refractivity contribution in [2.75, 3.05) is 0 Å². The number of rotatable bonds is 0. The van der Waals surface area contributed by atoms with Crippen molar-refractivity contribution in [2.24, 2.45) is 5.92 Å². The molecule has 0 bridgehead atoms. The van der Waals surface area contributed by atoms with Crippen LogP contribution in [-0.4, -0.2) is 10.7 Å². The van der Waals surface area contributed by atoms with Gasteiger partial charge in [0, 0.05) is 0 Å². The van der Waals surface area contributed by atoms with Crippen molar-refractivity contribution in [2.45, 2.75) is 38.2 Å².